The van der Waals surface area contributed by atoms with Crippen molar-refractivity contribution in [2.75, 3.05) is 24.5 Å². The summed E-state index contributed by atoms with van der Waals surface area (Å²) in [6.07, 6.45) is 3.76. The average molecular weight is 417 g/mol. The van der Waals surface area contributed by atoms with E-state index >= 15 is 0 Å². The quantitative estimate of drug-likeness (QED) is 0.680. The van der Waals surface area contributed by atoms with Gasteiger partial charge in [-0.2, -0.15) is 0 Å². The molecule has 3 nitrogen and oxygen atoms in total. The third kappa shape index (κ3) is 5.42. The largest absolute Gasteiger partial charge is 0.309 e. The molecule has 0 aromatic heterocycles. The van der Waals surface area contributed by atoms with E-state index in [0.717, 1.165) is 44.6 Å². The summed E-state index contributed by atoms with van der Waals surface area (Å²) in [6, 6.07) is 21.1. The van der Waals surface area contributed by atoms with Crippen LogP contribution < -0.4 is 4.90 Å². The van der Waals surface area contributed by atoms with Gasteiger partial charge >= 0.3 is 0 Å². The molecule has 0 radical (unpaired) electrons. The third-order valence-electron chi connectivity index (χ3n) is 5.09. The third-order valence-corrected chi connectivity index (χ3v) is 5.09. The molecule has 0 N–H and O–H groups in total. The number of benzene rings is 2. The van der Waals surface area contributed by atoms with Crippen LogP contribution in [-0.4, -0.2) is 36.5 Å². The van der Waals surface area contributed by atoms with Gasteiger partial charge in [0.25, 0.3) is 0 Å². The van der Waals surface area contributed by atoms with Crippen molar-refractivity contribution in [2.45, 2.75) is 38.6 Å². The number of para-hydroxylation sites is 1. The Hall–Kier alpha value is -1.65. The maximum atomic E-state index is 12.5. The number of carbonyl (C=O) groups excluding carboxylic acids is 1. The van der Waals surface area contributed by atoms with E-state index in [0.29, 0.717) is 12.5 Å². The molecule has 140 valence electrons. The van der Waals surface area contributed by atoms with Crippen molar-refractivity contribution in [1.82, 2.24) is 4.90 Å². The number of hydrogen-bond acceptors (Lipinski definition) is 2. The molecule has 0 unspecified atom stereocenters. The number of rotatable bonds is 6. The van der Waals surface area contributed by atoms with Crippen LogP contribution in [0.4, 0.5) is 5.69 Å². The standard InChI is InChI=1S/C22H28N2O.BrH/c1-2-22(25)24(20-11-7-4-8-12-20)21-14-17-23(18-15-21)16-13-19-9-5-3-6-10-19;/h3-12,21H,2,13-18H2,1H3;1H. The molecule has 26 heavy (non-hydrogen) atoms. The molecule has 1 aliphatic rings. The molecule has 2 aromatic rings. The maximum absolute atomic E-state index is 12.5. The van der Waals surface area contributed by atoms with Crippen molar-refractivity contribution < 1.29 is 4.79 Å². The van der Waals surface area contributed by atoms with E-state index < -0.39 is 0 Å². The normalized spacial score (nSPS) is 15.3. The van der Waals surface area contributed by atoms with Crippen molar-refractivity contribution in [2.24, 2.45) is 0 Å². The molecule has 0 spiro atoms. The van der Waals surface area contributed by atoms with Crippen LogP contribution in [0.15, 0.2) is 60.7 Å². The Bertz CT molecular complexity index is 654. The summed E-state index contributed by atoms with van der Waals surface area (Å²) >= 11 is 0. The van der Waals surface area contributed by atoms with Gasteiger partial charge in [-0.05, 0) is 37.0 Å². The molecular formula is C22H29BrN2O. The smallest absolute Gasteiger partial charge is 0.226 e. The summed E-state index contributed by atoms with van der Waals surface area (Å²) in [5, 5.41) is 0. The van der Waals surface area contributed by atoms with Gasteiger partial charge in [0.15, 0.2) is 0 Å². The summed E-state index contributed by atoms with van der Waals surface area (Å²) in [5.74, 6) is 0.230. The average Bonchev–Trinajstić information content (AvgIpc) is 2.69. The van der Waals surface area contributed by atoms with Crippen molar-refractivity contribution in [3.05, 3.63) is 66.2 Å². The molecule has 1 heterocycles. The zero-order valence-corrected chi connectivity index (χ0v) is 17.2. The first kappa shape index (κ1) is 20.7. The van der Waals surface area contributed by atoms with Crippen LogP contribution in [0.5, 0.6) is 0 Å². The van der Waals surface area contributed by atoms with E-state index in [-0.39, 0.29) is 22.9 Å². The molecule has 1 fully saturated rings. The van der Waals surface area contributed by atoms with Crippen molar-refractivity contribution in [1.29, 1.82) is 0 Å². The van der Waals surface area contributed by atoms with E-state index in [1.54, 1.807) is 0 Å². The Labute approximate surface area is 167 Å². The SMILES string of the molecule is Br.CCC(=O)N(c1ccccc1)C1CCN(CCc2ccccc2)CC1. The van der Waals surface area contributed by atoms with Crippen LogP contribution in [0.3, 0.4) is 0 Å². The fourth-order valence-corrected chi connectivity index (χ4v) is 3.65. The van der Waals surface area contributed by atoms with Gasteiger partial charge in [0.05, 0.1) is 0 Å². The molecule has 1 amide bonds. The molecular weight excluding hydrogens is 388 g/mol. The number of halogens is 1. The second-order valence-electron chi connectivity index (χ2n) is 6.76. The monoisotopic (exact) mass is 416 g/mol. The van der Waals surface area contributed by atoms with Crippen molar-refractivity contribution >= 4 is 28.6 Å². The van der Waals surface area contributed by atoms with Gasteiger partial charge in [-0.1, -0.05) is 55.5 Å². The van der Waals surface area contributed by atoms with Crippen LogP contribution in [0.1, 0.15) is 31.7 Å². The van der Waals surface area contributed by atoms with Crippen LogP contribution in [0, 0.1) is 0 Å². The zero-order valence-electron chi connectivity index (χ0n) is 15.5. The minimum Gasteiger partial charge on any atom is -0.309 e. The Kier molecular flexibility index (Phi) is 8.33. The molecule has 0 bridgehead atoms. The van der Waals surface area contributed by atoms with Crippen LogP contribution in [0.25, 0.3) is 0 Å². The first-order chi connectivity index (χ1) is 12.3. The second-order valence-corrected chi connectivity index (χ2v) is 6.76. The summed E-state index contributed by atoms with van der Waals surface area (Å²) in [5.41, 5.74) is 2.44. The van der Waals surface area contributed by atoms with Gasteiger partial charge in [-0.25, -0.2) is 0 Å². The van der Waals surface area contributed by atoms with Gasteiger partial charge in [0.1, 0.15) is 0 Å². The van der Waals surface area contributed by atoms with E-state index in [1.807, 2.05) is 30.0 Å². The predicted octanol–water partition coefficient (Wildman–Crippen LogP) is 4.71. The number of anilines is 1. The lowest BCUT2D eigenvalue weighted by Crippen LogP contribution is -2.47. The highest BCUT2D eigenvalue weighted by Gasteiger charge is 2.28. The number of likely N-dealkylation sites (tertiary alicyclic amines) is 1. The van der Waals surface area contributed by atoms with Crippen molar-refractivity contribution in [3.63, 3.8) is 0 Å². The summed E-state index contributed by atoms with van der Waals surface area (Å²) < 4.78 is 0. The van der Waals surface area contributed by atoms with E-state index in [1.165, 1.54) is 5.56 Å². The Morgan fingerprint density at radius 2 is 1.58 bits per heavy atom. The Balaban J connectivity index is 0.00000243. The Morgan fingerprint density at radius 1 is 1.00 bits per heavy atom. The number of piperidine rings is 1. The molecule has 1 aliphatic heterocycles. The highest BCUT2D eigenvalue weighted by atomic mass is 79.9. The molecule has 1 saturated heterocycles. The van der Waals surface area contributed by atoms with E-state index in [9.17, 15) is 4.79 Å². The topological polar surface area (TPSA) is 23.6 Å². The number of amides is 1. The number of nitrogens with zero attached hydrogens (tertiary/aromatic N) is 2. The summed E-state index contributed by atoms with van der Waals surface area (Å²) in [6.45, 7) is 5.19. The minimum absolute atomic E-state index is 0. The van der Waals surface area contributed by atoms with Crippen LogP contribution in [0.2, 0.25) is 0 Å². The molecule has 2 aromatic carbocycles. The predicted molar refractivity (Wildman–Crippen MR) is 114 cm³/mol. The highest BCUT2D eigenvalue weighted by molar-refractivity contribution is 8.93. The lowest BCUT2D eigenvalue weighted by molar-refractivity contribution is -0.119. The van der Waals surface area contributed by atoms with Gasteiger partial charge < -0.3 is 9.80 Å². The molecule has 0 atom stereocenters. The molecule has 4 heteroatoms. The van der Waals surface area contributed by atoms with E-state index in [4.69, 9.17) is 0 Å². The first-order valence-corrected chi connectivity index (χ1v) is 9.41. The molecule has 0 aliphatic carbocycles. The molecule has 0 saturated carbocycles. The first-order valence-electron chi connectivity index (χ1n) is 9.41. The number of hydrogen-bond donors (Lipinski definition) is 0. The highest BCUT2D eigenvalue weighted by Crippen LogP contribution is 2.24. The maximum Gasteiger partial charge on any atom is 0.226 e. The van der Waals surface area contributed by atoms with Gasteiger partial charge in [-0.3, -0.25) is 4.79 Å². The molecule has 3 rings (SSSR count). The number of carbonyl (C=O) groups is 1. The summed E-state index contributed by atoms with van der Waals surface area (Å²) in [4.78, 5) is 17.1. The Morgan fingerprint density at radius 3 is 2.15 bits per heavy atom. The van der Waals surface area contributed by atoms with Gasteiger partial charge in [-0.15, -0.1) is 17.0 Å². The summed E-state index contributed by atoms with van der Waals surface area (Å²) in [7, 11) is 0. The fraction of sp³-hybridized carbons (Fsp3) is 0.409. The second kappa shape index (κ2) is 10.5. The van der Waals surface area contributed by atoms with Gasteiger partial charge in [0, 0.05) is 37.8 Å². The lowest BCUT2D eigenvalue weighted by Gasteiger charge is -2.38. The van der Waals surface area contributed by atoms with Gasteiger partial charge in [0.2, 0.25) is 5.91 Å². The van der Waals surface area contributed by atoms with E-state index in [2.05, 4.69) is 47.4 Å². The van der Waals surface area contributed by atoms with Crippen LogP contribution >= 0.6 is 17.0 Å². The minimum atomic E-state index is 0. The van der Waals surface area contributed by atoms with Crippen LogP contribution in [-0.2, 0) is 11.2 Å². The van der Waals surface area contributed by atoms with Crippen molar-refractivity contribution in [3.8, 4) is 0 Å². The fourth-order valence-electron chi connectivity index (χ4n) is 3.65. The zero-order chi connectivity index (χ0) is 17.5. The lowest BCUT2D eigenvalue weighted by atomic mass is 10.0.